The van der Waals surface area contributed by atoms with Gasteiger partial charge in [0.1, 0.15) is 12.4 Å². The smallest absolute Gasteiger partial charge is 0.545 e. The molecule has 0 aromatic heterocycles. The van der Waals surface area contributed by atoms with Gasteiger partial charge in [0.2, 0.25) is 0 Å². The van der Waals surface area contributed by atoms with E-state index in [4.69, 9.17) is 10.5 Å². The minimum atomic E-state index is -1.52. The zero-order valence-electron chi connectivity index (χ0n) is 16.5. The number of carboxylic acid groups (broad SMARTS) is 2. The van der Waals surface area contributed by atoms with E-state index < -0.39 is 24.0 Å². The van der Waals surface area contributed by atoms with Crippen molar-refractivity contribution in [2.75, 3.05) is 13.2 Å². The van der Waals surface area contributed by atoms with Crippen LogP contribution in [0.5, 0.6) is 5.75 Å². The molecule has 0 saturated heterocycles. The predicted molar refractivity (Wildman–Crippen MR) is 89.7 cm³/mol. The van der Waals surface area contributed by atoms with Crippen LogP contribution in [0.4, 0.5) is 0 Å². The van der Waals surface area contributed by atoms with Crippen molar-refractivity contribution in [1.82, 2.24) is 0 Å². The summed E-state index contributed by atoms with van der Waals surface area (Å²) in [6.45, 7) is 0.746. The van der Waals surface area contributed by atoms with Crippen LogP contribution < -0.4 is 79.8 Å². The molecule has 3 N–H and O–H groups in total. The van der Waals surface area contributed by atoms with E-state index in [2.05, 4.69) is 0 Å². The Kier molecular flexibility index (Phi) is 13.6. The molecule has 1 saturated carbocycles. The number of hydrogen-bond acceptors (Lipinski definition) is 7. The molecular weight excluding hydrogens is 384 g/mol. The number of carboxylic acids is 2. The Balaban J connectivity index is 0.00000364. The van der Waals surface area contributed by atoms with Crippen LogP contribution in [0.1, 0.15) is 31.2 Å². The molecule has 0 unspecified atom stereocenters. The largest absolute Gasteiger partial charge is 1.00 e. The molecule has 142 valence electrons. The van der Waals surface area contributed by atoms with Gasteiger partial charge in [-0.25, -0.2) is 0 Å². The fourth-order valence-electron chi connectivity index (χ4n) is 3.26. The molecule has 0 bridgehead atoms. The number of ether oxygens (including phenoxy) is 1. The summed E-state index contributed by atoms with van der Waals surface area (Å²) < 4.78 is 5.36. The van der Waals surface area contributed by atoms with Crippen LogP contribution in [0.15, 0.2) is 35.4 Å². The van der Waals surface area contributed by atoms with Crippen LogP contribution in [0, 0.1) is 5.92 Å². The van der Waals surface area contributed by atoms with E-state index in [9.17, 15) is 24.9 Å². The van der Waals surface area contributed by atoms with Crippen LogP contribution in [0.25, 0.3) is 0 Å². The average molecular weight is 407 g/mol. The van der Waals surface area contributed by atoms with Gasteiger partial charge in [-0.05, 0) is 66.9 Å². The first kappa shape index (κ1) is 27.6. The van der Waals surface area contributed by atoms with E-state index in [1.807, 2.05) is 0 Å². The van der Waals surface area contributed by atoms with E-state index >= 15 is 0 Å². The van der Waals surface area contributed by atoms with E-state index in [1.54, 1.807) is 24.3 Å². The van der Waals surface area contributed by atoms with Crippen molar-refractivity contribution in [2.24, 2.45) is 11.7 Å². The van der Waals surface area contributed by atoms with Crippen LogP contribution >= 0.6 is 0 Å². The molecule has 1 aliphatic carbocycles. The maximum atomic E-state index is 11.6. The summed E-state index contributed by atoms with van der Waals surface area (Å²) in [5.74, 6) is -2.87. The second-order valence-electron chi connectivity index (χ2n) is 6.43. The molecule has 1 aromatic carbocycles. The van der Waals surface area contributed by atoms with Gasteiger partial charge in [0.05, 0.1) is 18.0 Å². The quantitative estimate of drug-likeness (QED) is 0.323. The summed E-state index contributed by atoms with van der Waals surface area (Å²) in [5.41, 5.74) is 5.49. The molecule has 0 amide bonds. The van der Waals surface area contributed by atoms with Gasteiger partial charge in [-0.1, -0.05) is 12.1 Å². The summed E-state index contributed by atoms with van der Waals surface area (Å²) in [4.78, 5) is 23.3. The zero-order chi connectivity index (χ0) is 19.1. The Morgan fingerprint density at radius 1 is 1.04 bits per heavy atom. The molecule has 28 heavy (non-hydrogen) atoms. The summed E-state index contributed by atoms with van der Waals surface area (Å²) in [7, 11) is 0. The van der Waals surface area contributed by atoms with Gasteiger partial charge in [-0.15, -0.1) is 0 Å². The summed E-state index contributed by atoms with van der Waals surface area (Å²) in [5, 5.41) is 32.8. The molecule has 0 aliphatic heterocycles. The molecule has 0 atom stereocenters. The zero-order valence-corrected chi connectivity index (χ0v) is 20.5. The van der Waals surface area contributed by atoms with Gasteiger partial charge in [-0.2, -0.15) is 0 Å². The summed E-state index contributed by atoms with van der Waals surface area (Å²) in [6.07, 6.45) is 1.15. The topological polar surface area (TPSA) is 136 Å². The predicted octanol–water partition coefficient (Wildman–Crippen LogP) is -7.08. The van der Waals surface area contributed by atoms with Gasteiger partial charge < -0.3 is 35.4 Å². The minimum absolute atomic E-state index is 0. The number of carbonyl (C=O) groups excluding carboxylic acids is 2. The molecule has 9 heteroatoms. The number of benzene rings is 1. The Hall–Kier alpha value is -0.380. The fourth-order valence-corrected chi connectivity index (χ4v) is 3.26. The van der Waals surface area contributed by atoms with Crippen LogP contribution in [0.3, 0.4) is 0 Å². The van der Waals surface area contributed by atoms with Crippen molar-refractivity contribution < 1.29 is 88.8 Å². The number of nitrogens with two attached hydrogens (primary N) is 1. The maximum absolute atomic E-state index is 11.6. The number of aliphatic hydroxyl groups is 1. The van der Waals surface area contributed by atoms with Crippen LogP contribution in [-0.4, -0.2) is 36.3 Å². The third-order valence-electron chi connectivity index (χ3n) is 4.59. The molecule has 0 radical (unpaired) electrons. The van der Waals surface area contributed by atoms with Crippen LogP contribution in [-0.2, 0) is 16.0 Å². The first-order chi connectivity index (χ1) is 12.4. The molecular formula is C19H23NNa2O6. The number of rotatable bonds is 8. The maximum Gasteiger partial charge on any atom is 1.00 e. The number of hydrogen-bond donors (Lipinski definition) is 2. The van der Waals surface area contributed by atoms with E-state index in [0.717, 1.165) is 0 Å². The molecule has 2 rings (SSSR count). The summed E-state index contributed by atoms with van der Waals surface area (Å²) >= 11 is 0. The van der Waals surface area contributed by atoms with E-state index in [1.165, 1.54) is 0 Å². The van der Waals surface area contributed by atoms with Crippen molar-refractivity contribution in [1.29, 1.82) is 0 Å². The first-order valence-corrected chi connectivity index (χ1v) is 8.68. The Morgan fingerprint density at radius 2 is 1.61 bits per heavy atom. The Bertz CT molecular complexity index is 670. The van der Waals surface area contributed by atoms with E-state index in [-0.39, 0.29) is 76.7 Å². The van der Waals surface area contributed by atoms with E-state index in [0.29, 0.717) is 50.1 Å². The number of aliphatic hydroxyl groups excluding tert-OH is 1. The SMILES string of the molecule is NCCOc1ccc(CC(C(=O)[O-])=C(C(=O)[O-])C2CCC(O)CC2)cc1.[Na+].[Na+]. The fraction of sp³-hybridized carbons (Fsp3) is 0.474. The second-order valence-corrected chi connectivity index (χ2v) is 6.43. The monoisotopic (exact) mass is 407 g/mol. The molecule has 0 heterocycles. The number of carbonyl (C=O) groups is 2. The molecule has 1 fully saturated rings. The standard InChI is InChI=1S/C19H25NO6.2Na/c20-9-10-26-15-7-1-12(2-8-15)11-16(18(22)23)17(19(24)25)13-3-5-14(21)6-4-13;;/h1-2,7-8,13-14,21H,3-6,9-11,20H2,(H,22,23)(H,24,25);;/q;2*+1/p-2. The number of aliphatic carboxylic acids is 2. The first-order valence-electron chi connectivity index (χ1n) is 8.68. The van der Waals surface area contributed by atoms with Gasteiger partial charge in [0.25, 0.3) is 0 Å². The van der Waals surface area contributed by atoms with Gasteiger partial charge >= 0.3 is 59.1 Å². The van der Waals surface area contributed by atoms with Crippen molar-refractivity contribution in [3.63, 3.8) is 0 Å². The molecule has 7 nitrogen and oxygen atoms in total. The Morgan fingerprint density at radius 3 is 2.07 bits per heavy atom. The van der Waals surface area contributed by atoms with Gasteiger partial charge in [-0.3, -0.25) is 0 Å². The third-order valence-corrected chi connectivity index (χ3v) is 4.59. The van der Waals surface area contributed by atoms with Crippen molar-refractivity contribution in [3.05, 3.63) is 41.0 Å². The molecule has 0 spiro atoms. The Labute approximate surface area is 208 Å². The normalized spacial score (nSPS) is 19.5. The van der Waals surface area contributed by atoms with Crippen LogP contribution in [0.2, 0.25) is 0 Å². The molecule has 1 aliphatic rings. The van der Waals surface area contributed by atoms with Crippen molar-refractivity contribution >= 4 is 11.9 Å². The van der Waals surface area contributed by atoms with Crippen molar-refractivity contribution in [2.45, 2.75) is 38.2 Å². The van der Waals surface area contributed by atoms with Gasteiger partial charge in [0, 0.05) is 6.54 Å². The van der Waals surface area contributed by atoms with Crippen molar-refractivity contribution in [3.8, 4) is 5.75 Å². The second kappa shape index (κ2) is 13.8. The average Bonchev–Trinajstić information content (AvgIpc) is 2.61. The minimum Gasteiger partial charge on any atom is -0.545 e. The molecule has 1 aromatic rings. The third kappa shape index (κ3) is 8.16. The van der Waals surface area contributed by atoms with Gasteiger partial charge in [0.15, 0.2) is 0 Å². The summed E-state index contributed by atoms with van der Waals surface area (Å²) in [6, 6.07) is 6.69.